The van der Waals surface area contributed by atoms with Crippen LogP contribution >= 0.6 is 0 Å². The summed E-state index contributed by atoms with van der Waals surface area (Å²) in [7, 11) is 1.54. The van der Waals surface area contributed by atoms with E-state index in [9.17, 15) is 19.2 Å². The Bertz CT molecular complexity index is 1250. The average molecular weight is 468 g/mol. The molecule has 0 fully saturated rings. The molecule has 34 heavy (non-hydrogen) atoms. The zero-order chi connectivity index (χ0) is 24.5. The third-order valence-corrected chi connectivity index (χ3v) is 5.09. The van der Waals surface area contributed by atoms with Crippen molar-refractivity contribution in [3.8, 4) is 11.8 Å². The normalized spacial score (nSPS) is 10.8. The second kappa shape index (κ2) is 11.8. The van der Waals surface area contributed by atoms with Crippen LogP contribution in [0, 0.1) is 17.1 Å². The zero-order valence-corrected chi connectivity index (χ0v) is 19.0. The number of aryl methyl sites for hydroxylation is 2. The van der Waals surface area contributed by atoms with Crippen molar-refractivity contribution in [3.63, 3.8) is 0 Å². The van der Waals surface area contributed by atoms with E-state index in [1.165, 1.54) is 36.1 Å². The van der Waals surface area contributed by atoms with Gasteiger partial charge in [-0.25, -0.2) is 9.07 Å². The molecule has 0 saturated heterocycles. The first-order valence-electron chi connectivity index (χ1n) is 10.8. The Morgan fingerprint density at radius 1 is 1.24 bits per heavy atom. The molecule has 178 valence electrons. The number of methoxy groups -OCH3 is 1. The Labute approximate surface area is 195 Å². The molecule has 1 aromatic carbocycles. The summed E-state index contributed by atoms with van der Waals surface area (Å²) in [5.41, 5.74) is -0.669. The largest absolute Gasteiger partial charge is 0.485 e. The molecule has 0 aliphatic heterocycles. The second-order valence-corrected chi connectivity index (χ2v) is 7.53. The highest BCUT2D eigenvalue weighted by molar-refractivity contribution is 6.10. The minimum Gasteiger partial charge on any atom is -0.485 e. The van der Waals surface area contributed by atoms with E-state index in [-0.39, 0.29) is 35.6 Å². The van der Waals surface area contributed by atoms with E-state index < -0.39 is 17.2 Å². The van der Waals surface area contributed by atoms with Crippen molar-refractivity contribution in [3.05, 3.63) is 69.1 Å². The van der Waals surface area contributed by atoms with Crippen LogP contribution in [0.1, 0.15) is 53.5 Å². The molecule has 11 heteroatoms. The number of ketones is 1. The van der Waals surface area contributed by atoms with E-state index in [1.54, 1.807) is 4.68 Å². The van der Waals surface area contributed by atoms with Crippen LogP contribution in [-0.2, 0) is 24.4 Å². The Kier molecular flexibility index (Phi) is 8.59. The summed E-state index contributed by atoms with van der Waals surface area (Å²) in [5, 5.41) is 20.9. The van der Waals surface area contributed by atoms with E-state index in [0.717, 1.165) is 18.9 Å². The zero-order valence-electron chi connectivity index (χ0n) is 19.0. The first-order valence-corrected chi connectivity index (χ1v) is 10.8. The number of nitriles is 1. The number of unbranched alkanes of at least 4 members (excludes halogenated alkanes) is 1. The molecular weight excluding hydrogens is 443 g/mol. The molecule has 2 heterocycles. The van der Waals surface area contributed by atoms with Crippen molar-refractivity contribution in [2.75, 3.05) is 13.7 Å². The Morgan fingerprint density at radius 3 is 2.79 bits per heavy atom. The maximum atomic E-state index is 14.1. The van der Waals surface area contributed by atoms with Crippen LogP contribution < -0.4 is 10.3 Å². The monoisotopic (exact) mass is 468 g/mol. The van der Waals surface area contributed by atoms with Crippen LogP contribution in [-0.4, -0.2) is 44.3 Å². The molecule has 0 unspecified atom stereocenters. The molecule has 0 saturated carbocycles. The topological polar surface area (TPSA) is 125 Å². The van der Waals surface area contributed by atoms with Gasteiger partial charge in [0.25, 0.3) is 5.56 Å². The van der Waals surface area contributed by atoms with Gasteiger partial charge < -0.3 is 14.0 Å². The molecule has 3 aromatic rings. The van der Waals surface area contributed by atoms with Gasteiger partial charge in [0.15, 0.2) is 11.6 Å². The Hall–Kier alpha value is -3.91. The number of halogens is 1. The predicted octanol–water partition coefficient (Wildman–Crippen LogP) is 2.49. The summed E-state index contributed by atoms with van der Waals surface area (Å²) >= 11 is 0. The smallest absolute Gasteiger partial charge is 0.268 e. The lowest BCUT2D eigenvalue weighted by Crippen LogP contribution is -2.24. The number of carbonyl (C=O) groups is 1. The summed E-state index contributed by atoms with van der Waals surface area (Å²) in [6, 6.07) is 6.61. The Balaban J connectivity index is 1.90. The van der Waals surface area contributed by atoms with Crippen molar-refractivity contribution in [2.45, 2.75) is 45.9 Å². The average Bonchev–Trinajstić information content (AvgIpc) is 3.29. The third-order valence-electron chi connectivity index (χ3n) is 5.09. The standard InChI is InChI=1S/C23H25FN6O4/c1-3-4-9-30-21(26-27-28-30)15-34-20-7-6-18(24)12-19(20)22(31)17-11-16(13-25)23(32)29(14-17)8-5-10-33-2/h6-7,11-12,14H,3-5,8-10,15H2,1-2H3. The van der Waals surface area contributed by atoms with Crippen molar-refractivity contribution < 1.29 is 18.7 Å². The lowest BCUT2D eigenvalue weighted by Gasteiger charge is -2.13. The van der Waals surface area contributed by atoms with E-state index in [1.807, 2.05) is 6.07 Å². The van der Waals surface area contributed by atoms with Crippen molar-refractivity contribution in [1.82, 2.24) is 24.8 Å². The SMILES string of the molecule is CCCCn1nnnc1COc1ccc(F)cc1C(=O)c1cc(C#N)c(=O)n(CCCOC)c1. The van der Waals surface area contributed by atoms with Gasteiger partial charge in [-0.15, -0.1) is 5.10 Å². The number of ether oxygens (including phenoxy) is 2. The van der Waals surface area contributed by atoms with Crippen LogP contribution in [0.4, 0.5) is 4.39 Å². The number of hydrogen-bond donors (Lipinski definition) is 0. The number of nitrogens with zero attached hydrogens (tertiary/aromatic N) is 6. The Morgan fingerprint density at radius 2 is 2.06 bits per heavy atom. The number of aromatic nitrogens is 5. The van der Waals surface area contributed by atoms with Gasteiger partial charge in [-0.05, 0) is 47.5 Å². The summed E-state index contributed by atoms with van der Waals surface area (Å²) in [6.45, 7) is 3.32. The number of carbonyl (C=O) groups excluding carboxylic acids is 1. The van der Waals surface area contributed by atoms with Crippen LogP contribution in [0.2, 0.25) is 0 Å². The maximum absolute atomic E-state index is 14.1. The van der Waals surface area contributed by atoms with Crippen LogP contribution in [0.3, 0.4) is 0 Å². The fourth-order valence-electron chi connectivity index (χ4n) is 3.30. The number of pyridine rings is 1. The second-order valence-electron chi connectivity index (χ2n) is 7.53. The molecule has 2 aromatic heterocycles. The minimum atomic E-state index is -0.627. The van der Waals surface area contributed by atoms with Gasteiger partial charge in [-0.3, -0.25) is 9.59 Å². The predicted molar refractivity (Wildman–Crippen MR) is 119 cm³/mol. The van der Waals surface area contributed by atoms with Crippen LogP contribution in [0.15, 0.2) is 35.3 Å². The van der Waals surface area contributed by atoms with Gasteiger partial charge >= 0.3 is 0 Å². The third kappa shape index (κ3) is 5.90. The van der Waals surface area contributed by atoms with Gasteiger partial charge in [0.1, 0.15) is 29.8 Å². The highest BCUT2D eigenvalue weighted by Crippen LogP contribution is 2.24. The molecular formula is C23H25FN6O4. The number of rotatable bonds is 12. The quantitative estimate of drug-likeness (QED) is 0.293. The van der Waals surface area contributed by atoms with Gasteiger partial charge in [-0.2, -0.15) is 5.26 Å². The molecule has 0 atom stereocenters. The minimum absolute atomic E-state index is 0.0252. The number of hydrogen-bond acceptors (Lipinski definition) is 8. The fourth-order valence-corrected chi connectivity index (χ4v) is 3.30. The highest BCUT2D eigenvalue weighted by Gasteiger charge is 2.20. The van der Waals surface area contributed by atoms with E-state index >= 15 is 0 Å². The summed E-state index contributed by atoms with van der Waals surface area (Å²) in [4.78, 5) is 25.8. The molecule has 0 bridgehead atoms. The summed E-state index contributed by atoms with van der Waals surface area (Å²) < 4.78 is 27.8. The van der Waals surface area contributed by atoms with Crippen LogP contribution in [0.5, 0.6) is 5.75 Å². The van der Waals surface area contributed by atoms with E-state index in [4.69, 9.17) is 9.47 Å². The first-order chi connectivity index (χ1) is 16.5. The molecule has 10 nitrogen and oxygen atoms in total. The summed E-state index contributed by atoms with van der Waals surface area (Å²) in [6.07, 6.45) is 3.73. The molecule has 0 N–H and O–H groups in total. The maximum Gasteiger partial charge on any atom is 0.268 e. The van der Waals surface area contributed by atoms with Crippen LogP contribution in [0.25, 0.3) is 0 Å². The molecule has 0 aliphatic rings. The van der Waals surface area contributed by atoms with Gasteiger partial charge in [0.05, 0.1) is 5.56 Å². The molecule has 3 rings (SSSR count). The van der Waals surface area contributed by atoms with Crippen molar-refractivity contribution in [2.24, 2.45) is 0 Å². The van der Waals surface area contributed by atoms with E-state index in [2.05, 4.69) is 22.4 Å². The first kappa shape index (κ1) is 24.7. The van der Waals surface area contributed by atoms with Gasteiger partial charge in [0, 0.05) is 38.6 Å². The van der Waals surface area contributed by atoms with Gasteiger partial charge in [-0.1, -0.05) is 13.3 Å². The lowest BCUT2D eigenvalue weighted by atomic mass is 10.0. The molecule has 0 spiro atoms. The molecule has 0 aliphatic carbocycles. The van der Waals surface area contributed by atoms with Gasteiger partial charge in [0.2, 0.25) is 0 Å². The molecule has 0 amide bonds. The lowest BCUT2D eigenvalue weighted by molar-refractivity contribution is 0.103. The summed E-state index contributed by atoms with van der Waals surface area (Å²) in [5.74, 6) is -0.615. The van der Waals surface area contributed by atoms with Crippen molar-refractivity contribution >= 4 is 5.78 Å². The van der Waals surface area contributed by atoms with Crippen molar-refractivity contribution in [1.29, 1.82) is 5.26 Å². The molecule has 0 radical (unpaired) electrons. The number of tetrazole rings is 1. The highest BCUT2D eigenvalue weighted by atomic mass is 19.1. The fraction of sp³-hybridized carbons (Fsp3) is 0.391. The van der Waals surface area contributed by atoms with E-state index in [0.29, 0.717) is 25.4 Å². The number of benzene rings is 1.